The Balaban J connectivity index is 1.83. The van der Waals surface area contributed by atoms with Crippen molar-refractivity contribution in [2.75, 3.05) is 5.32 Å². The van der Waals surface area contributed by atoms with Crippen LogP contribution >= 0.6 is 0 Å². The third kappa shape index (κ3) is 2.98. The Bertz CT molecular complexity index is 268. The number of nitrogens with zero attached hydrogens (tertiary/aromatic N) is 1. The van der Waals surface area contributed by atoms with Crippen molar-refractivity contribution in [1.82, 2.24) is 10.2 Å². The van der Waals surface area contributed by atoms with Gasteiger partial charge in [-0.15, -0.1) is 0 Å². The van der Waals surface area contributed by atoms with Crippen molar-refractivity contribution in [2.45, 2.75) is 51.5 Å². The van der Waals surface area contributed by atoms with Crippen molar-refractivity contribution in [3.8, 4) is 0 Å². The van der Waals surface area contributed by atoms with Gasteiger partial charge in [-0.05, 0) is 25.2 Å². The normalized spacial score (nSPS) is 27.3. The van der Waals surface area contributed by atoms with E-state index < -0.39 is 0 Å². The molecule has 2 rings (SSSR count). The SMILES string of the molecule is CCC1CCCC(Nc2cn[nH]c2)CC1. The van der Waals surface area contributed by atoms with Crippen LogP contribution in [0.1, 0.15) is 45.4 Å². The molecule has 1 saturated carbocycles. The van der Waals surface area contributed by atoms with Crippen LogP contribution < -0.4 is 5.32 Å². The quantitative estimate of drug-likeness (QED) is 0.747. The van der Waals surface area contributed by atoms with Gasteiger partial charge in [0, 0.05) is 12.2 Å². The molecule has 1 aliphatic rings. The van der Waals surface area contributed by atoms with Gasteiger partial charge in [0.25, 0.3) is 0 Å². The minimum atomic E-state index is 0.652. The lowest BCUT2D eigenvalue weighted by Crippen LogP contribution is -2.17. The second-order valence-corrected chi connectivity index (χ2v) is 4.61. The summed E-state index contributed by atoms with van der Waals surface area (Å²) in [6.07, 6.45) is 11.9. The Morgan fingerprint density at radius 1 is 1.40 bits per heavy atom. The summed E-state index contributed by atoms with van der Waals surface area (Å²) in [5, 5.41) is 10.3. The Morgan fingerprint density at radius 3 is 3.07 bits per heavy atom. The fourth-order valence-corrected chi connectivity index (χ4v) is 2.50. The number of aromatic nitrogens is 2. The number of H-pyrrole nitrogens is 1. The number of hydrogen-bond acceptors (Lipinski definition) is 2. The molecule has 1 aromatic heterocycles. The molecule has 0 aliphatic heterocycles. The Labute approximate surface area is 91.7 Å². The van der Waals surface area contributed by atoms with E-state index in [4.69, 9.17) is 0 Å². The van der Waals surface area contributed by atoms with Crippen LogP contribution in [0.4, 0.5) is 5.69 Å². The van der Waals surface area contributed by atoms with Gasteiger partial charge in [0.2, 0.25) is 0 Å². The van der Waals surface area contributed by atoms with Gasteiger partial charge in [-0.3, -0.25) is 5.10 Å². The van der Waals surface area contributed by atoms with E-state index in [1.54, 1.807) is 0 Å². The molecule has 84 valence electrons. The van der Waals surface area contributed by atoms with E-state index in [0.717, 1.165) is 11.6 Å². The molecule has 0 amide bonds. The van der Waals surface area contributed by atoms with Gasteiger partial charge in [0.05, 0.1) is 11.9 Å². The molecule has 1 aromatic rings. The van der Waals surface area contributed by atoms with E-state index in [1.807, 2.05) is 12.4 Å². The Hall–Kier alpha value is -0.990. The second kappa shape index (κ2) is 5.19. The van der Waals surface area contributed by atoms with Gasteiger partial charge < -0.3 is 5.32 Å². The van der Waals surface area contributed by atoms with Crippen molar-refractivity contribution < 1.29 is 0 Å². The summed E-state index contributed by atoms with van der Waals surface area (Å²) in [6.45, 7) is 2.31. The van der Waals surface area contributed by atoms with E-state index in [9.17, 15) is 0 Å². The summed E-state index contributed by atoms with van der Waals surface area (Å²) in [6, 6.07) is 0.652. The minimum absolute atomic E-state index is 0.652. The van der Waals surface area contributed by atoms with E-state index in [2.05, 4.69) is 22.4 Å². The average molecular weight is 207 g/mol. The van der Waals surface area contributed by atoms with Crippen molar-refractivity contribution in [2.24, 2.45) is 5.92 Å². The third-order valence-corrected chi connectivity index (χ3v) is 3.53. The smallest absolute Gasteiger partial charge is 0.0725 e. The third-order valence-electron chi connectivity index (χ3n) is 3.53. The molecule has 2 unspecified atom stereocenters. The molecule has 0 radical (unpaired) electrons. The fourth-order valence-electron chi connectivity index (χ4n) is 2.50. The molecule has 1 aliphatic carbocycles. The zero-order valence-electron chi connectivity index (χ0n) is 9.50. The van der Waals surface area contributed by atoms with Gasteiger partial charge in [-0.1, -0.05) is 26.2 Å². The molecule has 0 saturated heterocycles. The molecule has 1 heterocycles. The van der Waals surface area contributed by atoms with Crippen LogP contribution in [-0.2, 0) is 0 Å². The molecule has 3 nitrogen and oxygen atoms in total. The van der Waals surface area contributed by atoms with E-state index in [-0.39, 0.29) is 0 Å². The molecular formula is C12H21N3. The lowest BCUT2D eigenvalue weighted by atomic mass is 9.98. The van der Waals surface area contributed by atoms with Crippen LogP contribution in [0.15, 0.2) is 12.4 Å². The summed E-state index contributed by atoms with van der Waals surface area (Å²) < 4.78 is 0. The number of aromatic amines is 1. The van der Waals surface area contributed by atoms with Crippen LogP contribution in [0.25, 0.3) is 0 Å². The first kappa shape index (κ1) is 10.5. The van der Waals surface area contributed by atoms with Crippen LogP contribution in [0, 0.1) is 5.92 Å². The molecule has 0 bridgehead atoms. The Morgan fingerprint density at radius 2 is 2.33 bits per heavy atom. The van der Waals surface area contributed by atoms with Crippen LogP contribution in [0.3, 0.4) is 0 Å². The van der Waals surface area contributed by atoms with E-state index >= 15 is 0 Å². The first-order valence-corrected chi connectivity index (χ1v) is 6.13. The maximum atomic E-state index is 3.95. The topological polar surface area (TPSA) is 40.7 Å². The summed E-state index contributed by atoms with van der Waals surface area (Å²) >= 11 is 0. The lowest BCUT2D eigenvalue weighted by Gasteiger charge is -2.16. The van der Waals surface area contributed by atoms with Crippen LogP contribution in [0.2, 0.25) is 0 Å². The van der Waals surface area contributed by atoms with E-state index in [1.165, 1.54) is 38.5 Å². The number of anilines is 1. The van der Waals surface area contributed by atoms with Crippen molar-refractivity contribution in [3.63, 3.8) is 0 Å². The lowest BCUT2D eigenvalue weighted by molar-refractivity contribution is 0.444. The van der Waals surface area contributed by atoms with Crippen molar-refractivity contribution >= 4 is 5.69 Å². The Kier molecular flexibility index (Phi) is 3.64. The maximum absolute atomic E-state index is 3.95. The molecule has 0 aromatic carbocycles. The molecule has 3 heteroatoms. The summed E-state index contributed by atoms with van der Waals surface area (Å²) in [4.78, 5) is 0. The second-order valence-electron chi connectivity index (χ2n) is 4.61. The zero-order valence-corrected chi connectivity index (χ0v) is 9.50. The summed E-state index contributed by atoms with van der Waals surface area (Å²) in [5.74, 6) is 0.959. The highest BCUT2D eigenvalue weighted by Crippen LogP contribution is 2.26. The number of hydrogen-bond donors (Lipinski definition) is 2. The highest BCUT2D eigenvalue weighted by molar-refractivity contribution is 5.38. The van der Waals surface area contributed by atoms with Gasteiger partial charge in [0.15, 0.2) is 0 Å². The molecular weight excluding hydrogens is 186 g/mol. The fraction of sp³-hybridized carbons (Fsp3) is 0.750. The van der Waals surface area contributed by atoms with E-state index in [0.29, 0.717) is 6.04 Å². The van der Waals surface area contributed by atoms with Crippen LogP contribution in [-0.4, -0.2) is 16.2 Å². The molecule has 1 fully saturated rings. The highest BCUT2D eigenvalue weighted by atomic mass is 15.1. The van der Waals surface area contributed by atoms with Gasteiger partial charge in [-0.2, -0.15) is 5.10 Å². The first-order valence-electron chi connectivity index (χ1n) is 6.13. The predicted molar refractivity (Wildman–Crippen MR) is 62.9 cm³/mol. The molecule has 2 atom stereocenters. The van der Waals surface area contributed by atoms with Crippen molar-refractivity contribution in [1.29, 1.82) is 0 Å². The standard InChI is InChI=1S/C12H21N3/c1-2-10-4-3-5-11(7-6-10)15-12-8-13-14-9-12/h8-11,15H,2-7H2,1H3,(H,13,14). The summed E-state index contributed by atoms with van der Waals surface area (Å²) in [5.41, 5.74) is 1.13. The highest BCUT2D eigenvalue weighted by Gasteiger charge is 2.17. The minimum Gasteiger partial charge on any atom is -0.380 e. The average Bonchev–Trinajstić information content (AvgIpc) is 2.64. The monoisotopic (exact) mass is 207 g/mol. The van der Waals surface area contributed by atoms with Crippen LogP contribution in [0.5, 0.6) is 0 Å². The van der Waals surface area contributed by atoms with Crippen molar-refractivity contribution in [3.05, 3.63) is 12.4 Å². The molecule has 2 N–H and O–H groups in total. The van der Waals surface area contributed by atoms with Gasteiger partial charge >= 0.3 is 0 Å². The zero-order chi connectivity index (χ0) is 10.5. The maximum Gasteiger partial charge on any atom is 0.0725 e. The first-order chi connectivity index (χ1) is 7.38. The largest absolute Gasteiger partial charge is 0.380 e. The predicted octanol–water partition coefficient (Wildman–Crippen LogP) is 3.18. The molecule has 0 spiro atoms. The molecule has 15 heavy (non-hydrogen) atoms. The van der Waals surface area contributed by atoms with Gasteiger partial charge in [-0.25, -0.2) is 0 Å². The summed E-state index contributed by atoms with van der Waals surface area (Å²) in [7, 11) is 0. The van der Waals surface area contributed by atoms with Gasteiger partial charge in [0.1, 0.15) is 0 Å². The number of nitrogens with one attached hydrogen (secondary N) is 2. The number of rotatable bonds is 3.